The zero-order valence-corrected chi connectivity index (χ0v) is 12.4. The van der Waals surface area contributed by atoms with Gasteiger partial charge in [0.2, 0.25) is 5.91 Å². The highest BCUT2D eigenvalue weighted by Crippen LogP contribution is 2.22. The molecule has 0 N–H and O–H groups in total. The highest BCUT2D eigenvalue weighted by atomic mass is 16.2. The standard InChI is InChI=1S/C16H22N4O/c1-14(18-8-2-3-9-18)12-16(21)19-10-4-6-15(13-19)20-11-5-7-17-20/h2-3,5,7-9,11,14-15H,4,6,10,12-13H2,1H3/t14-,15+/m1/s1. The second-order valence-corrected chi connectivity index (χ2v) is 5.81. The molecular weight excluding hydrogens is 264 g/mol. The second kappa shape index (κ2) is 6.16. The van der Waals surface area contributed by atoms with Crippen molar-refractivity contribution < 1.29 is 4.79 Å². The minimum atomic E-state index is 0.206. The van der Waals surface area contributed by atoms with Crippen LogP contribution in [-0.2, 0) is 4.79 Å². The van der Waals surface area contributed by atoms with Crippen LogP contribution in [-0.4, -0.2) is 38.2 Å². The molecular formula is C16H22N4O. The van der Waals surface area contributed by atoms with Crippen molar-refractivity contribution in [1.29, 1.82) is 0 Å². The van der Waals surface area contributed by atoms with E-state index in [2.05, 4.69) is 16.6 Å². The maximum atomic E-state index is 12.5. The molecule has 0 unspecified atom stereocenters. The van der Waals surface area contributed by atoms with E-state index in [-0.39, 0.29) is 11.9 Å². The summed E-state index contributed by atoms with van der Waals surface area (Å²) in [6.07, 6.45) is 10.5. The third kappa shape index (κ3) is 3.17. The second-order valence-electron chi connectivity index (χ2n) is 5.81. The summed E-state index contributed by atoms with van der Waals surface area (Å²) in [7, 11) is 0. The van der Waals surface area contributed by atoms with Crippen molar-refractivity contribution in [3.05, 3.63) is 43.0 Å². The largest absolute Gasteiger partial charge is 0.351 e. The molecule has 2 atom stereocenters. The Morgan fingerprint density at radius 3 is 2.81 bits per heavy atom. The average Bonchev–Trinajstić information content (AvgIpc) is 3.20. The van der Waals surface area contributed by atoms with Crippen LogP contribution < -0.4 is 0 Å². The molecule has 1 aliphatic heterocycles. The first-order valence-electron chi connectivity index (χ1n) is 7.63. The Hall–Kier alpha value is -2.04. The molecule has 1 saturated heterocycles. The number of hydrogen-bond donors (Lipinski definition) is 0. The molecule has 21 heavy (non-hydrogen) atoms. The van der Waals surface area contributed by atoms with Gasteiger partial charge < -0.3 is 9.47 Å². The smallest absolute Gasteiger partial charge is 0.224 e. The Morgan fingerprint density at radius 1 is 1.29 bits per heavy atom. The summed E-state index contributed by atoms with van der Waals surface area (Å²) >= 11 is 0. The zero-order valence-electron chi connectivity index (χ0n) is 12.4. The monoisotopic (exact) mass is 286 g/mol. The van der Waals surface area contributed by atoms with E-state index in [0.717, 1.165) is 25.9 Å². The van der Waals surface area contributed by atoms with Crippen molar-refractivity contribution >= 4 is 5.91 Å². The number of rotatable bonds is 4. The average molecular weight is 286 g/mol. The highest BCUT2D eigenvalue weighted by Gasteiger charge is 2.25. The molecule has 0 bridgehead atoms. The number of nitrogens with zero attached hydrogens (tertiary/aromatic N) is 4. The first kappa shape index (κ1) is 13.9. The van der Waals surface area contributed by atoms with Crippen molar-refractivity contribution in [2.45, 2.75) is 38.3 Å². The lowest BCUT2D eigenvalue weighted by Crippen LogP contribution is -2.41. The van der Waals surface area contributed by atoms with Gasteiger partial charge in [-0.2, -0.15) is 5.10 Å². The number of piperidine rings is 1. The summed E-state index contributed by atoms with van der Waals surface area (Å²) < 4.78 is 4.07. The van der Waals surface area contributed by atoms with Gasteiger partial charge in [0.1, 0.15) is 0 Å². The highest BCUT2D eigenvalue weighted by molar-refractivity contribution is 5.76. The molecule has 5 heteroatoms. The molecule has 0 spiro atoms. The Bertz CT molecular complexity index is 561. The van der Waals surface area contributed by atoms with Gasteiger partial charge in [0.15, 0.2) is 0 Å². The van der Waals surface area contributed by atoms with Gasteiger partial charge in [-0.15, -0.1) is 0 Å². The molecule has 1 aliphatic rings. The van der Waals surface area contributed by atoms with Gasteiger partial charge in [-0.1, -0.05) is 0 Å². The van der Waals surface area contributed by atoms with E-state index >= 15 is 0 Å². The van der Waals surface area contributed by atoms with Crippen LogP contribution in [0.5, 0.6) is 0 Å². The molecule has 0 aromatic carbocycles. The normalized spacial score (nSPS) is 20.4. The summed E-state index contributed by atoms with van der Waals surface area (Å²) in [5, 5.41) is 4.31. The summed E-state index contributed by atoms with van der Waals surface area (Å²) in [5.41, 5.74) is 0. The number of likely N-dealkylation sites (tertiary alicyclic amines) is 1. The number of aromatic nitrogens is 3. The van der Waals surface area contributed by atoms with Crippen LogP contribution in [0.3, 0.4) is 0 Å². The maximum Gasteiger partial charge on any atom is 0.224 e. The predicted molar refractivity (Wildman–Crippen MR) is 80.8 cm³/mol. The summed E-state index contributed by atoms with van der Waals surface area (Å²) in [6.45, 7) is 3.74. The summed E-state index contributed by atoms with van der Waals surface area (Å²) in [6, 6.07) is 6.46. The molecule has 0 radical (unpaired) electrons. The fourth-order valence-electron chi connectivity index (χ4n) is 3.02. The third-order valence-electron chi connectivity index (χ3n) is 4.25. The van der Waals surface area contributed by atoms with E-state index in [4.69, 9.17) is 0 Å². The Morgan fingerprint density at radius 2 is 2.10 bits per heavy atom. The first-order valence-corrected chi connectivity index (χ1v) is 7.63. The molecule has 3 rings (SSSR count). The quantitative estimate of drug-likeness (QED) is 0.866. The van der Waals surface area contributed by atoms with Crippen molar-refractivity contribution in [2.75, 3.05) is 13.1 Å². The van der Waals surface area contributed by atoms with E-state index < -0.39 is 0 Å². The van der Waals surface area contributed by atoms with Crippen LogP contribution in [0.2, 0.25) is 0 Å². The van der Waals surface area contributed by atoms with E-state index in [9.17, 15) is 4.79 Å². The summed E-state index contributed by atoms with van der Waals surface area (Å²) in [5.74, 6) is 0.244. The molecule has 1 fully saturated rings. The lowest BCUT2D eigenvalue weighted by Gasteiger charge is -2.33. The van der Waals surface area contributed by atoms with Crippen LogP contribution in [0.15, 0.2) is 43.0 Å². The maximum absolute atomic E-state index is 12.5. The van der Waals surface area contributed by atoms with Crippen molar-refractivity contribution in [1.82, 2.24) is 19.2 Å². The Balaban J connectivity index is 1.59. The zero-order chi connectivity index (χ0) is 14.7. The Kier molecular flexibility index (Phi) is 4.08. The molecule has 0 saturated carbocycles. The van der Waals surface area contributed by atoms with Gasteiger partial charge >= 0.3 is 0 Å². The molecule has 5 nitrogen and oxygen atoms in total. The molecule has 2 aromatic rings. The van der Waals surface area contributed by atoms with E-state index in [1.165, 1.54) is 0 Å². The number of carbonyl (C=O) groups is 1. The third-order valence-corrected chi connectivity index (χ3v) is 4.25. The molecule has 112 valence electrons. The van der Waals surface area contributed by atoms with Crippen LogP contribution in [0.1, 0.15) is 38.3 Å². The molecule has 1 amide bonds. The van der Waals surface area contributed by atoms with Gasteiger partial charge in [0.25, 0.3) is 0 Å². The van der Waals surface area contributed by atoms with Crippen molar-refractivity contribution in [3.63, 3.8) is 0 Å². The fourth-order valence-corrected chi connectivity index (χ4v) is 3.02. The van der Waals surface area contributed by atoms with Gasteiger partial charge in [0, 0.05) is 50.3 Å². The van der Waals surface area contributed by atoms with Crippen LogP contribution in [0.25, 0.3) is 0 Å². The van der Waals surface area contributed by atoms with Gasteiger partial charge in [0.05, 0.1) is 6.04 Å². The van der Waals surface area contributed by atoms with Crippen LogP contribution in [0.4, 0.5) is 0 Å². The molecule has 0 aliphatic carbocycles. The Labute approximate surface area is 125 Å². The summed E-state index contributed by atoms with van der Waals surface area (Å²) in [4.78, 5) is 14.5. The molecule has 2 aromatic heterocycles. The first-order chi connectivity index (χ1) is 10.2. The van der Waals surface area contributed by atoms with Gasteiger partial charge in [-0.05, 0) is 38.0 Å². The lowest BCUT2D eigenvalue weighted by atomic mass is 10.0. The van der Waals surface area contributed by atoms with Crippen molar-refractivity contribution in [3.8, 4) is 0 Å². The minimum Gasteiger partial charge on any atom is -0.351 e. The number of hydrogen-bond acceptors (Lipinski definition) is 2. The topological polar surface area (TPSA) is 43.1 Å². The van der Waals surface area contributed by atoms with E-state index in [0.29, 0.717) is 12.5 Å². The van der Waals surface area contributed by atoms with E-state index in [1.807, 2.05) is 46.4 Å². The number of amides is 1. The van der Waals surface area contributed by atoms with Gasteiger partial charge in [-0.3, -0.25) is 9.48 Å². The predicted octanol–water partition coefficient (Wildman–Crippen LogP) is 2.50. The minimum absolute atomic E-state index is 0.206. The lowest BCUT2D eigenvalue weighted by molar-refractivity contribution is -0.133. The SMILES string of the molecule is C[C@H](CC(=O)N1CCC[C@H](n2cccn2)C1)n1cccc1. The fraction of sp³-hybridized carbons (Fsp3) is 0.500. The van der Waals surface area contributed by atoms with Gasteiger partial charge in [-0.25, -0.2) is 0 Å². The van der Waals surface area contributed by atoms with E-state index in [1.54, 1.807) is 6.20 Å². The molecule has 3 heterocycles. The van der Waals surface area contributed by atoms with Crippen LogP contribution in [0, 0.1) is 0 Å². The van der Waals surface area contributed by atoms with Crippen molar-refractivity contribution in [2.24, 2.45) is 0 Å². The number of carbonyl (C=O) groups excluding carboxylic acids is 1. The van der Waals surface area contributed by atoms with Crippen LogP contribution >= 0.6 is 0 Å².